The standard InChI is InChI=1S/C45H27N3O/c1-3-12-28(13-4-1)31-23-25-39-38(26-31)42-36(20-11-21-40(42)49-39)44-46-43(30-15-5-2-6-16-30)47-45(48-44)37-27-32-17-8-10-19-34(32)41-33-18-9-7-14-29(33)22-24-35(37)41/h1-27H. The van der Waals surface area contributed by atoms with Gasteiger partial charge in [-0.2, -0.15) is 0 Å². The van der Waals surface area contributed by atoms with Gasteiger partial charge in [0, 0.05) is 27.5 Å². The first kappa shape index (κ1) is 27.5. The summed E-state index contributed by atoms with van der Waals surface area (Å²) in [6.07, 6.45) is 0. The van der Waals surface area contributed by atoms with Gasteiger partial charge >= 0.3 is 0 Å². The zero-order valence-corrected chi connectivity index (χ0v) is 26.3. The zero-order valence-electron chi connectivity index (χ0n) is 26.3. The number of benzene rings is 8. The van der Waals surface area contributed by atoms with Crippen LogP contribution in [0.4, 0.5) is 0 Å². The van der Waals surface area contributed by atoms with Crippen LogP contribution in [0.5, 0.6) is 0 Å². The van der Waals surface area contributed by atoms with Crippen LogP contribution < -0.4 is 0 Å². The maximum absolute atomic E-state index is 6.41. The van der Waals surface area contributed by atoms with E-state index in [1.165, 1.54) is 21.5 Å². The first-order valence-corrected chi connectivity index (χ1v) is 16.4. The number of rotatable bonds is 4. The lowest BCUT2D eigenvalue weighted by atomic mass is 9.92. The Morgan fingerprint density at radius 2 is 0.980 bits per heavy atom. The molecule has 49 heavy (non-hydrogen) atoms. The third kappa shape index (κ3) is 4.49. The van der Waals surface area contributed by atoms with Gasteiger partial charge in [-0.05, 0) is 67.7 Å². The molecule has 0 saturated heterocycles. The molecule has 0 radical (unpaired) electrons. The second-order valence-electron chi connectivity index (χ2n) is 12.4. The molecule has 0 aliphatic rings. The van der Waals surface area contributed by atoms with Crippen molar-refractivity contribution in [1.82, 2.24) is 15.0 Å². The van der Waals surface area contributed by atoms with Gasteiger partial charge in [-0.15, -0.1) is 0 Å². The fourth-order valence-electron chi connectivity index (χ4n) is 7.21. The van der Waals surface area contributed by atoms with Gasteiger partial charge in [0.15, 0.2) is 17.5 Å². The highest BCUT2D eigenvalue weighted by molar-refractivity contribution is 6.23. The molecule has 0 aliphatic heterocycles. The van der Waals surface area contributed by atoms with E-state index in [2.05, 4.69) is 127 Å². The SMILES string of the molecule is c1ccc(-c2ccc3oc4cccc(-c5nc(-c6ccccc6)nc(-c6cc7ccccc7c7c6ccc6ccccc67)n5)c4c3c2)cc1. The number of aromatic nitrogens is 3. The Labute approximate surface area is 282 Å². The van der Waals surface area contributed by atoms with Crippen LogP contribution in [0.1, 0.15) is 0 Å². The molecule has 0 unspecified atom stereocenters. The van der Waals surface area contributed by atoms with Crippen LogP contribution >= 0.6 is 0 Å². The van der Waals surface area contributed by atoms with Crippen LogP contribution in [0.3, 0.4) is 0 Å². The minimum Gasteiger partial charge on any atom is -0.456 e. The summed E-state index contributed by atoms with van der Waals surface area (Å²) in [5, 5.41) is 9.07. The van der Waals surface area contributed by atoms with E-state index in [1.807, 2.05) is 36.4 Å². The lowest BCUT2D eigenvalue weighted by Gasteiger charge is -2.14. The van der Waals surface area contributed by atoms with Crippen LogP contribution in [0.25, 0.3) is 99.5 Å². The number of nitrogens with zero attached hydrogens (tertiary/aromatic N) is 3. The van der Waals surface area contributed by atoms with Gasteiger partial charge in [0.2, 0.25) is 0 Å². The van der Waals surface area contributed by atoms with Gasteiger partial charge in [-0.1, -0.05) is 140 Å². The molecule has 4 heteroatoms. The minimum atomic E-state index is 0.601. The Hall–Kier alpha value is -6.65. The van der Waals surface area contributed by atoms with Crippen molar-refractivity contribution in [1.29, 1.82) is 0 Å². The Morgan fingerprint density at radius 3 is 1.78 bits per heavy atom. The van der Waals surface area contributed by atoms with E-state index in [9.17, 15) is 0 Å². The predicted octanol–water partition coefficient (Wildman–Crippen LogP) is 11.9. The number of hydrogen-bond donors (Lipinski definition) is 0. The molecule has 0 aliphatic carbocycles. The van der Waals surface area contributed by atoms with Crippen molar-refractivity contribution in [2.75, 3.05) is 0 Å². The molecule has 8 aromatic carbocycles. The monoisotopic (exact) mass is 625 g/mol. The van der Waals surface area contributed by atoms with Gasteiger partial charge in [0.1, 0.15) is 11.2 Å². The quantitative estimate of drug-likeness (QED) is 0.183. The first-order valence-electron chi connectivity index (χ1n) is 16.4. The molecule has 0 amide bonds. The summed E-state index contributed by atoms with van der Waals surface area (Å²) in [7, 11) is 0. The topological polar surface area (TPSA) is 51.8 Å². The van der Waals surface area contributed by atoms with Crippen molar-refractivity contribution in [2.45, 2.75) is 0 Å². The van der Waals surface area contributed by atoms with Crippen LogP contribution in [0.15, 0.2) is 168 Å². The molecule has 2 heterocycles. The average Bonchev–Trinajstić information content (AvgIpc) is 3.56. The Bertz CT molecular complexity index is 2860. The Morgan fingerprint density at radius 1 is 0.327 bits per heavy atom. The smallest absolute Gasteiger partial charge is 0.164 e. The van der Waals surface area contributed by atoms with Crippen molar-refractivity contribution in [3.05, 3.63) is 164 Å². The third-order valence-corrected chi connectivity index (χ3v) is 9.50. The van der Waals surface area contributed by atoms with Crippen LogP contribution in [0, 0.1) is 0 Å². The molecule has 0 bridgehead atoms. The molecule has 10 rings (SSSR count). The molecular weight excluding hydrogens is 599 g/mol. The maximum Gasteiger partial charge on any atom is 0.164 e. The van der Waals surface area contributed by atoms with E-state index in [-0.39, 0.29) is 0 Å². The summed E-state index contributed by atoms with van der Waals surface area (Å²) in [5.74, 6) is 1.85. The molecule has 228 valence electrons. The van der Waals surface area contributed by atoms with Gasteiger partial charge in [0.25, 0.3) is 0 Å². The van der Waals surface area contributed by atoms with E-state index in [1.54, 1.807) is 0 Å². The van der Waals surface area contributed by atoms with Crippen molar-refractivity contribution >= 4 is 54.3 Å². The molecule has 0 fully saturated rings. The molecule has 2 aromatic heterocycles. The lowest BCUT2D eigenvalue weighted by molar-refractivity contribution is 0.669. The summed E-state index contributed by atoms with van der Waals surface area (Å²) in [4.78, 5) is 15.6. The second kappa shape index (κ2) is 11.0. The van der Waals surface area contributed by atoms with Gasteiger partial charge in [-0.3, -0.25) is 0 Å². The normalized spacial score (nSPS) is 11.7. The van der Waals surface area contributed by atoms with Crippen molar-refractivity contribution < 1.29 is 4.42 Å². The molecular formula is C45H27N3O. The highest BCUT2D eigenvalue weighted by atomic mass is 16.3. The minimum absolute atomic E-state index is 0.601. The first-order chi connectivity index (χ1) is 24.3. The highest BCUT2D eigenvalue weighted by Gasteiger charge is 2.20. The van der Waals surface area contributed by atoms with Crippen molar-refractivity contribution in [3.63, 3.8) is 0 Å². The van der Waals surface area contributed by atoms with E-state index < -0.39 is 0 Å². The summed E-state index contributed by atoms with van der Waals surface area (Å²) in [6, 6.07) is 56.9. The average molecular weight is 626 g/mol. The highest BCUT2D eigenvalue weighted by Crippen LogP contribution is 2.41. The maximum atomic E-state index is 6.41. The van der Waals surface area contributed by atoms with Crippen molar-refractivity contribution in [3.8, 4) is 45.3 Å². The summed E-state index contributed by atoms with van der Waals surface area (Å²) >= 11 is 0. The fourth-order valence-corrected chi connectivity index (χ4v) is 7.21. The third-order valence-electron chi connectivity index (χ3n) is 9.50. The summed E-state index contributed by atoms with van der Waals surface area (Å²) < 4.78 is 6.41. The van der Waals surface area contributed by atoms with E-state index in [0.29, 0.717) is 17.5 Å². The van der Waals surface area contributed by atoms with E-state index in [0.717, 1.165) is 60.5 Å². The zero-order chi connectivity index (χ0) is 32.3. The van der Waals surface area contributed by atoms with E-state index >= 15 is 0 Å². The molecule has 10 aromatic rings. The largest absolute Gasteiger partial charge is 0.456 e. The summed E-state index contributed by atoms with van der Waals surface area (Å²) in [6.45, 7) is 0. The summed E-state index contributed by atoms with van der Waals surface area (Å²) in [5.41, 5.74) is 6.70. The number of fused-ring (bicyclic) bond motifs is 8. The predicted molar refractivity (Wildman–Crippen MR) is 201 cm³/mol. The number of furan rings is 1. The molecule has 0 atom stereocenters. The van der Waals surface area contributed by atoms with E-state index in [4.69, 9.17) is 19.4 Å². The van der Waals surface area contributed by atoms with Gasteiger partial charge in [-0.25, -0.2) is 15.0 Å². The van der Waals surface area contributed by atoms with Crippen LogP contribution in [-0.2, 0) is 0 Å². The van der Waals surface area contributed by atoms with Gasteiger partial charge in [0.05, 0.1) is 0 Å². The molecule has 0 saturated carbocycles. The Balaban J connectivity index is 1.28. The number of hydrogen-bond acceptors (Lipinski definition) is 4. The fraction of sp³-hybridized carbons (Fsp3) is 0. The molecule has 4 nitrogen and oxygen atoms in total. The van der Waals surface area contributed by atoms with Crippen LogP contribution in [-0.4, -0.2) is 15.0 Å². The van der Waals surface area contributed by atoms with Crippen LogP contribution in [0.2, 0.25) is 0 Å². The molecule has 0 spiro atoms. The van der Waals surface area contributed by atoms with Gasteiger partial charge < -0.3 is 4.42 Å². The molecule has 0 N–H and O–H groups in total. The second-order valence-corrected chi connectivity index (χ2v) is 12.4. The van der Waals surface area contributed by atoms with Crippen molar-refractivity contribution in [2.24, 2.45) is 0 Å². The lowest BCUT2D eigenvalue weighted by Crippen LogP contribution is -2.01. The Kier molecular flexibility index (Phi) is 6.15.